The molecule has 0 aliphatic heterocycles. The predicted molar refractivity (Wildman–Crippen MR) is 58.8 cm³/mol. The lowest BCUT2D eigenvalue weighted by Crippen LogP contribution is -2.37. The zero-order valence-electron chi connectivity index (χ0n) is 9.16. The van der Waals surface area contributed by atoms with Crippen LogP contribution in [0.25, 0.3) is 0 Å². The van der Waals surface area contributed by atoms with Gasteiger partial charge in [0, 0.05) is 14.1 Å². The average molecular weight is 247 g/mol. The summed E-state index contributed by atoms with van der Waals surface area (Å²) in [6, 6.07) is -0.588. The standard InChI is InChI=1S/C9H12ClFN4O/c1-5(8(16)15(2)3)13-7-6(11)4-12-9(10)14-7/h4-5H,1-3H3,(H,12,13,14). The van der Waals surface area contributed by atoms with E-state index >= 15 is 0 Å². The highest BCUT2D eigenvalue weighted by Crippen LogP contribution is 2.13. The highest BCUT2D eigenvalue weighted by molar-refractivity contribution is 6.28. The fourth-order valence-corrected chi connectivity index (χ4v) is 1.23. The summed E-state index contributed by atoms with van der Waals surface area (Å²) in [5.74, 6) is -0.917. The minimum atomic E-state index is -0.650. The first-order valence-corrected chi connectivity index (χ1v) is 4.95. The lowest BCUT2D eigenvalue weighted by Gasteiger charge is -2.18. The third kappa shape index (κ3) is 3.03. The zero-order chi connectivity index (χ0) is 12.3. The Morgan fingerprint density at radius 1 is 1.62 bits per heavy atom. The zero-order valence-corrected chi connectivity index (χ0v) is 9.92. The quantitative estimate of drug-likeness (QED) is 0.813. The molecule has 0 aromatic carbocycles. The van der Waals surface area contributed by atoms with E-state index in [1.54, 1.807) is 21.0 Å². The average Bonchev–Trinajstić information content (AvgIpc) is 2.22. The molecule has 1 aromatic heterocycles. The summed E-state index contributed by atoms with van der Waals surface area (Å²) in [4.78, 5) is 20.0. The number of nitrogens with one attached hydrogen (secondary N) is 1. The van der Waals surface area contributed by atoms with Gasteiger partial charge in [-0.3, -0.25) is 4.79 Å². The van der Waals surface area contributed by atoms with Gasteiger partial charge < -0.3 is 10.2 Å². The monoisotopic (exact) mass is 246 g/mol. The van der Waals surface area contributed by atoms with Gasteiger partial charge in [0.15, 0.2) is 11.6 Å². The van der Waals surface area contributed by atoms with Crippen LogP contribution in [0.15, 0.2) is 6.20 Å². The topological polar surface area (TPSA) is 58.1 Å². The van der Waals surface area contributed by atoms with Crippen molar-refractivity contribution in [1.29, 1.82) is 0 Å². The third-order valence-corrected chi connectivity index (χ3v) is 2.06. The normalized spacial score (nSPS) is 12.1. The number of halogens is 2. The number of likely N-dealkylation sites (N-methyl/N-ethyl adjacent to an activating group) is 1. The first kappa shape index (κ1) is 12.6. The van der Waals surface area contributed by atoms with Crippen molar-refractivity contribution in [2.75, 3.05) is 19.4 Å². The Morgan fingerprint density at radius 2 is 2.25 bits per heavy atom. The molecule has 1 rings (SSSR count). The lowest BCUT2D eigenvalue weighted by atomic mass is 10.3. The Morgan fingerprint density at radius 3 is 2.81 bits per heavy atom. The van der Waals surface area contributed by atoms with Gasteiger partial charge in [-0.1, -0.05) is 0 Å². The molecule has 0 radical (unpaired) electrons. The van der Waals surface area contributed by atoms with Gasteiger partial charge in [0.25, 0.3) is 0 Å². The van der Waals surface area contributed by atoms with Gasteiger partial charge in [-0.2, -0.15) is 4.98 Å². The molecule has 1 unspecified atom stereocenters. The van der Waals surface area contributed by atoms with E-state index in [0.29, 0.717) is 0 Å². The Kier molecular flexibility index (Phi) is 4.00. The largest absolute Gasteiger partial charge is 0.356 e. The summed E-state index contributed by atoms with van der Waals surface area (Å²) < 4.78 is 13.2. The Labute approximate surface area is 97.6 Å². The summed E-state index contributed by atoms with van der Waals surface area (Å²) in [5.41, 5.74) is 0. The van der Waals surface area contributed by atoms with Crippen molar-refractivity contribution in [3.63, 3.8) is 0 Å². The van der Waals surface area contributed by atoms with Crippen molar-refractivity contribution in [3.8, 4) is 0 Å². The second kappa shape index (κ2) is 5.07. The van der Waals surface area contributed by atoms with E-state index < -0.39 is 11.9 Å². The molecule has 1 atom stereocenters. The van der Waals surface area contributed by atoms with E-state index in [2.05, 4.69) is 15.3 Å². The molecule has 0 saturated heterocycles. The summed E-state index contributed by atoms with van der Waals surface area (Å²) in [6.45, 7) is 1.61. The molecule has 0 fully saturated rings. The SMILES string of the molecule is CC(Nc1nc(Cl)ncc1F)C(=O)N(C)C. The van der Waals surface area contributed by atoms with Gasteiger partial charge in [-0.25, -0.2) is 9.37 Å². The van der Waals surface area contributed by atoms with Crippen LogP contribution in [0.3, 0.4) is 0 Å². The number of hydrogen-bond acceptors (Lipinski definition) is 4. The molecule has 0 spiro atoms. The van der Waals surface area contributed by atoms with Crippen LogP contribution in [0.1, 0.15) is 6.92 Å². The van der Waals surface area contributed by atoms with E-state index in [1.807, 2.05) is 0 Å². The van der Waals surface area contributed by atoms with E-state index in [1.165, 1.54) is 4.90 Å². The molecular formula is C9H12ClFN4O. The second-order valence-electron chi connectivity index (χ2n) is 3.43. The number of hydrogen-bond donors (Lipinski definition) is 1. The van der Waals surface area contributed by atoms with Crippen LogP contribution in [0.4, 0.5) is 10.2 Å². The summed E-state index contributed by atoms with van der Waals surface area (Å²) in [5, 5.41) is 2.55. The lowest BCUT2D eigenvalue weighted by molar-refractivity contribution is -0.129. The molecule has 1 amide bonds. The summed E-state index contributed by atoms with van der Waals surface area (Å²) in [6.07, 6.45) is 0.949. The van der Waals surface area contributed by atoms with E-state index in [-0.39, 0.29) is 17.0 Å². The smallest absolute Gasteiger partial charge is 0.244 e. The molecular weight excluding hydrogens is 235 g/mol. The number of nitrogens with zero attached hydrogens (tertiary/aromatic N) is 3. The molecule has 0 saturated carbocycles. The maximum absolute atomic E-state index is 13.2. The minimum Gasteiger partial charge on any atom is -0.356 e. The van der Waals surface area contributed by atoms with Gasteiger partial charge in [0.1, 0.15) is 6.04 Å². The Bertz CT molecular complexity index is 399. The first-order chi connectivity index (χ1) is 7.41. The number of anilines is 1. The van der Waals surface area contributed by atoms with Crippen molar-refractivity contribution in [1.82, 2.24) is 14.9 Å². The number of rotatable bonds is 3. The Hall–Kier alpha value is -1.43. The molecule has 0 aliphatic carbocycles. The van der Waals surface area contributed by atoms with E-state index in [4.69, 9.17) is 11.6 Å². The van der Waals surface area contributed by atoms with Crippen molar-refractivity contribution < 1.29 is 9.18 Å². The van der Waals surface area contributed by atoms with Crippen LogP contribution in [0.2, 0.25) is 5.28 Å². The third-order valence-electron chi connectivity index (χ3n) is 1.88. The fraction of sp³-hybridized carbons (Fsp3) is 0.444. The molecule has 88 valence electrons. The van der Waals surface area contributed by atoms with Crippen LogP contribution in [0.5, 0.6) is 0 Å². The van der Waals surface area contributed by atoms with Crippen LogP contribution in [-0.2, 0) is 4.79 Å². The van der Waals surface area contributed by atoms with Crippen molar-refractivity contribution in [2.24, 2.45) is 0 Å². The van der Waals surface area contributed by atoms with Gasteiger partial charge in [-0.15, -0.1) is 0 Å². The second-order valence-corrected chi connectivity index (χ2v) is 3.77. The molecule has 0 bridgehead atoms. The van der Waals surface area contributed by atoms with Crippen molar-refractivity contribution >= 4 is 23.3 Å². The van der Waals surface area contributed by atoms with Gasteiger partial charge in [0.2, 0.25) is 11.2 Å². The van der Waals surface area contributed by atoms with Crippen LogP contribution >= 0.6 is 11.6 Å². The molecule has 0 aliphatic rings. The molecule has 1 heterocycles. The number of amides is 1. The molecule has 16 heavy (non-hydrogen) atoms. The first-order valence-electron chi connectivity index (χ1n) is 4.57. The maximum atomic E-state index is 13.2. The Balaban J connectivity index is 2.80. The van der Waals surface area contributed by atoms with Gasteiger partial charge >= 0.3 is 0 Å². The van der Waals surface area contributed by atoms with Crippen LogP contribution in [0, 0.1) is 5.82 Å². The predicted octanol–water partition coefficient (Wildman–Crippen LogP) is 1.16. The van der Waals surface area contributed by atoms with Gasteiger partial charge in [0.05, 0.1) is 6.20 Å². The summed E-state index contributed by atoms with van der Waals surface area (Å²) in [7, 11) is 3.23. The van der Waals surface area contributed by atoms with E-state index in [0.717, 1.165) is 6.20 Å². The molecule has 7 heteroatoms. The highest BCUT2D eigenvalue weighted by atomic mass is 35.5. The van der Waals surface area contributed by atoms with Crippen LogP contribution < -0.4 is 5.32 Å². The van der Waals surface area contributed by atoms with Crippen molar-refractivity contribution in [3.05, 3.63) is 17.3 Å². The minimum absolute atomic E-state index is 0.0756. The van der Waals surface area contributed by atoms with Crippen molar-refractivity contribution in [2.45, 2.75) is 13.0 Å². The molecule has 5 nitrogen and oxygen atoms in total. The molecule has 1 N–H and O–H groups in total. The maximum Gasteiger partial charge on any atom is 0.244 e. The molecule has 1 aromatic rings. The number of aromatic nitrogens is 2. The summed E-state index contributed by atoms with van der Waals surface area (Å²) >= 11 is 5.52. The van der Waals surface area contributed by atoms with E-state index in [9.17, 15) is 9.18 Å². The van der Waals surface area contributed by atoms with Crippen LogP contribution in [-0.4, -0.2) is 40.9 Å². The number of carbonyl (C=O) groups excluding carboxylic acids is 1. The van der Waals surface area contributed by atoms with Gasteiger partial charge in [-0.05, 0) is 18.5 Å². The fourth-order valence-electron chi connectivity index (χ4n) is 1.10. The number of carbonyl (C=O) groups is 1. The highest BCUT2D eigenvalue weighted by Gasteiger charge is 2.17.